The van der Waals surface area contributed by atoms with Gasteiger partial charge in [-0.05, 0) is 56.5 Å². The van der Waals surface area contributed by atoms with Crippen molar-refractivity contribution in [3.63, 3.8) is 0 Å². The van der Waals surface area contributed by atoms with E-state index >= 15 is 0 Å². The zero-order valence-corrected chi connectivity index (χ0v) is 12.5. The molecule has 1 aliphatic heterocycles. The molecule has 0 atom stereocenters. The van der Waals surface area contributed by atoms with Gasteiger partial charge >= 0.3 is 0 Å². The van der Waals surface area contributed by atoms with Crippen molar-refractivity contribution in [2.75, 3.05) is 19.7 Å². The van der Waals surface area contributed by atoms with E-state index in [0.29, 0.717) is 23.4 Å². The Kier molecular flexibility index (Phi) is 4.53. The van der Waals surface area contributed by atoms with Gasteiger partial charge in [-0.2, -0.15) is 0 Å². The minimum atomic E-state index is -0.479. The number of hydrogen-bond donors (Lipinski definition) is 2. The molecule has 1 aromatic heterocycles. The highest BCUT2D eigenvalue weighted by molar-refractivity contribution is 6.05. The van der Waals surface area contributed by atoms with Crippen LogP contribution in [0.2, 0.25) is 0 Å². The predicted molar refractivity (Wildman–Crippen MR) is 86.0 cm³/mol. The van der Waals surface area contributed by atoms with Crippen LogP contribution in [0.5, 0.6) is 5.75 Å². The van der Waals surface area contributed by atoms with Crippen LogP contribution in [0.25, 0.3) is 10.9 Å². The van der Waals surface area contributed by atoms with Crippen LogP contribution in [0.4, 0.5) is 0 Å². The van der Waals surface area contributed by atoms with Gasteiger partial charge in [-0.15, -0.1) is 0 Å². The monoisotopic (exact) mass is 299 g/mol. The number of carbonyl (C=O) groups is 1. The minimum Gasteiger partial charge on any atom is -0.494 e. The summed E-state index contributed by atoms with van der Waals surface area (Å²) in [6.45, 7) is 2.85. The van der Waals surface area contributed by atoms with Gasteiger partial charge in [0.05, 0.1) is 17.7 Å². The first-order valence-corrected chi connectivity index (χ1v) is 7.76. The van der Waals surface area contributed by atoms with Gasteiger partial charge in [0.2, 0.25) is 0 Å². The molecule has 22 heavy (non-hydrogen) atoms. The van der Waals surface area contributed by atoms with Crippen LogP contribution in [0.3, 0.4) is 0 Å². The molecule has 1 aliphatic rings. The van der Waals surface area contributed by atoms with Crippen molar-refractivity contribution in [1.29, 1.82) is 0 Å². The topological polar surface area (TPSA) is 77.2 Å². The van der Waals surface area contributed by atoms with Gasteiger partial charge in [-0.3, -0.25) is 9.78 Å². The highest BCUT2D eigenvalue weighted by Gasteiger charge is 2.14. The first-order chi connectivity index (χ1) is 10.7. The van der Waals surface area contributed by atoms with E-state index in [0.717, 1.165) is 30.8 Å². The van der Waals surface area contributed by atoms with Crippen LogP contribution in [0.15, 0.2) is 30.5 Å². The second-order valence-electron chi connectivity index (χ2n) is 5.74. The number of piperidine rings is 1. The number of carbonyl (C=O) groups excluding carboxylic acids is 1. The number of amides is 1. The Morgan fingerprint density at radius 1 is 1.36 bits per heavy atom. The molecule has 1 saturated heterocycles. The van der Waals surface area contributed by atoms with Gasteiger partial charge in [0.15, 0.2) is 0 Å². The average molecular weight is 299 g/mol. The lowest BCUT2D eigenvalue weighted by Gasteiger charge is -2.22. The molecular weight excluding hydrogens is 278 g/mol. The molecule has 3 rings (SSSR count). The summed E-state index contributed by atoms with van der Waals surface area (Å²) in [7, 11) is 0. The molecule has 116 valence electrons. The fraction of sp³-hybridized carbons (Fsp3) is 0.412. The number of pyridine rings is 1. The van der Waals surface area contributed by atoms with E-state index in [2.05, 4.69) is 10.3 Å². The number of aromatic nitrogens is 1. The highest BCUT2D eigenvalue weighted by Crippen LogP contribution is 2.24. The van der Waals surface area contributed by atoms with Gasteiger partial charge in [-0.25, -0.2) is 0 Å². The Morgan fingerprint density at radius 2 is 2.18 bits per heavy atom. The summed E-state index contributed by atoms with van der Waals surface area (Å²) in [4.78, 5) is 15.8. The van der Waals surface area contributed by atoms with Gasteiger partial charge in [0.25, 0.3) is 5.91 Å². The van der Waals surface area contributed by atoms with E-state index in [4.69, 9.17) is 10.5 Å². The number of benzene rings is 1. The number of nitrogens with one attached hydrogen (secondary N) is 1. The summed E-state index contributed by atoms with van der Waals surface area (Å²) in [6, 6.07) is 7.36. The standard InChI is InChI=1S/C17H21N3O2/c18-17(21)15-11-14(10-13-2-1-6-20-16(13)15)22-9-5-12-3-7-19-8-4-12/h1-2,6,10-12,19H,3-5,7-9H2,(H2,18,21). The zero-order chi connectivity index (χ0) is 15.4. The molecule has 0 spiro atoms. The van der Waals surface area contributed by atoms with Crippen LogP contribution in [0.1, 0.15) is 29.6 Å². The summed E-state index contributed by atoms with van der Waals surface area (Å²) in [5.74, 6) is 0.926. The molecule has 2 heterocycles. The zero-order valence-electron chi connectivity index (χ0n) is 12.5. The molecule has 0 radical (unpaired) electrons. The van der Waals surface area contributed by atoms with Crippen molar-refractivity contribution in [3.05, 3.63) is 36.0 Å². The summed E-state index contributed by atoms with van der Waals surface area (Å²) < 4.78 is 5.85. The number of primary amides is 1. The lowest BCUT2D eigenvalue weighted by Crippen LogP contribution is -2.28. The molecule has 1 fully saturated rings. The summed E-state index contributed by atoms with van der Waals surface area (Å²) >= 11 is 0. The maximum absolute atomic E-state index is 11.6. The molecule has 0 unspecified atom stereocenters. The molecule has 0 saturated carbocycles. The van der Waals surface area contributed by atoms with Crippen molar-refractivity contribution in [2.45, 2.75) is 19.3 Å². The smallest absolute Gasteiger partial charge is 0.251 e. The third-order valence-corrected chi connectivity index (χ3v) is 4.20. The molecule has 0 bridgehead atoms. The first kappa shape index (κ1) is 14.8. The predicted octanol–water partition coefficient (Wildman–Crippen LogP) is 2.10. The molecule has 2 aromatic rings. The Labute approximate surface area is 129 Å². The van der Waals surface area contributed by atoms with Crippen LogP contribution < -0.4 is 15.8 Å². The van der Waals surface area contributed by atoms with Crippen LogP contribution in [-0.4, -0.2) is 30.6 Å². The van der Waals surface area contributed by atoms with E-state index in [1.54, 1.807) is 12.3 Å². The number of hydrogen-bond acceptors (Lipinski definition) is 4. The molecule has 5 nitrogen and oxygen atoms in total. The van der Waals surface area contributed by atoms with Crippen molar-refractivity contribution in [2.24, 2.45) is 11.7 Å². The van der Waals surface area contributed by atoms with Crippen LogP contribution in [0, 0.1) is 5.92 Å². The number of rotatable bonds is 5. The quantitative estimate of drug-likeness (QED) is 0.886. The Hall–Kier alpha value is -2.14. The second-order valence-corrected chi connectivity index (χ2v) is 5.74. The van der Waals surface area contributed by atoms with E-state index in [1.807, 2.05) is 18.2 Å². The summed E-state index contributed by atoms with van der Waals surface area (Å²) in [5.41, 5.74) is 6.49. The Bertz CT molecular complexity index is 666. The lowest BCUT2D eigenvalue weighted by atomic mass is 9.95. The number of nitrogens with two attached hydrogens (primary N) is 1. The first-order valence-electron chi connectivity index (χ1n) is 7.76. The van der Waals surface area contributed by atoms with Crippen LogP contribution in [-0.2, 0) is 0 Å². The van der Waals surface area contributed by atoms with Crippen LogP contribution >= 0.6 is 0 Å². The number of ether oxygens (including phenoxy) is 1. The Morgan fingerprint density at radius 3 is 2.95 bits per heavy atom. The van der Waals surface area contributed by atoms with E-state index in [-0.39, 0.29) is 0 Å². The number of fused-ring (bicyclic) bond motifs is 1. The third kappa shape index (κ3) is 3.36. The van der Waals surface area contributed by atoms with Crippen molar-refractivity contribution >= 4 is 16.8 Å². The van der Waals surface area contributed by atoms with E-state index in [1.165, 1.54) is 12.8 Å². The SMILES string of the molecule is NC(=O)c1cc(OCCC2CCNCC2)cc2cccnc12. The van der Waals surface area contributed by atoms with Gasteiger partial charge in [0, 0.05) is 11.6 Å². The molecule has 5 heteroatoms. The summed E-state index contributed by atoms with van der Waals surface area (Å²) in [6.07, 6.45) is 5.11. The largest absolute Gasteiger partial charge is 0.494 e. The lowest BCUT2D eigenvalue weighted by molar-refractivity contribution is 0.100. The van der Waals surface area contributed by atoms with Gasteiger partial charge in [0.1, 0.15) is 5.75 Å². The average Bonchev–Trinajstić information content (AvgIpc) is 2.55. The molecule has 0 aliphatic carbocycles. The second kappa shape index (κ2) is 6.75. The molecule has 3 N–H and O–H groups in total. The maximum Gasteiger partial charge on any atom is 0.251 e. The highest BCUT2D eigenvalue weighted by atomic mass is 16.5. The van der Waals surface area contributed by atoms with Crippen molar-refractivity contribution < 1.29 is 9.53 Å². The summed E-state index contributed by atoms with van der Waals surface area (Å²) in [5, 5.41) is 4.23. The normalized spacial score (nSPS) is 15.8. The molecule has 1 amide bonds. The molecule has 1 aromatic carbocycles. The number of nitrogens with zero attached hydrogens (tertiary/aromatic N) is 1. The molecular formula is C17H21N3O2. The fourth-order valence-corrected chi connectivity index (χ4v) is 2.95. The van der Waals surface area contributed by atoms with Crippen molar-refractivity contribution in [3.8, 4) is 5.75 Å². The fourth-order valence-electron chi connectivity index (χ4n) is 2.95. The Balaban J connectivity index is 1.71. The van der Waals surface area contributed by atoms with Gasteiger partial charge in [-0.1, -0.05) is 6.07 Å². The maximum atomic E-state index is 11.6. The minimum absolute atomic E-state index is 0.412. The third-order valence-electron chi connectivity index (χ3n) is 4.20. The van der Waals surface area contributed by atoms with E-state index < -0.39 is 5.91 Å². The van der Waals surface area contributed by atoms with E-state index in [9.17, 15) is 4.79 Å². The van der Waals surface area contributed by atoms with Crippen molar-refractivity contribution in [1.82, 2.24) is 10.3 Å². The van der Waals surface area contributed by atoms with Gasteiger partial charge < -0.3 is 15.8 Å².